The topological polar surface area (TPSA) is 65.2 Å². The molecule has 0 fully saturated rings. The Balaban J connectivity index is 4.04. The first-order chi connectivity index (χ1) is 3.72. The molecule has 46 valence electrons. The zero-order valence-electron chi connectivity index (χ0n) is 3.54. The molecule has 0 heterocycles. The molecule has 0 aromatic heterocycles. The molecule has 0 aromatic carbocycles. The maximum Gasteiger partial charge on any atom is 0.181 e. The largest absolute Gasteiger partial charge is 0.410 e. The van der Waals surface area contributed by atoms with E-state index in [1.54, 1.807) is 0 Å². The van der Waals surface area contributed by atoms with E-state index in [1.165, 1.54) is 0 Å². The van der Waals surface area contributed by atoms with Crippen molar-refractivity contribution < 1.29 is 10.4 Å². The molecule has 0 radical (unpaired) electrons. The van der Waals surface area contributed by atoms with Crippen LogP contribution in [0.5, 0.6) is 0 Å². The Morgan fingerprint density at radius 2 is 1.25 bits per heavy atom. The summed E-state index contributed by atoms with van der Waals surface area (Å²) in [5, 5.41) is 21.2. The van der Waals surface area contributed by atoms with E-state index in [9.17, 15) is 0 Å². The maximum absolute atomic E-state index is 7.96. The summed E-state index contributed by atoms with van der Waals surface area (Å²) in [6.45, 7) is 0. The highest BCUT2D eigenvalue weighted by Gasteiger charge is 1.99. The van der Waals surface area contributed by atoms with Crippen LogP contribution in [0.3, 0.4) is 0 Å². The second-order valence-electron chi connectivity index (χ2n) is 0.782. The molecule has 0 amide bonds. The summed E-state index contributed by atoms with van der Waals surface area (Å²) in [6.07, 6.45) is 0. The Morgan fingerprint density at radius 3 is 1.38 bits per heavy atom. The molecule has 8 heavy (non-hydrogen) atoms. The highest BCUT2D eigenvalue weighted by Crippen LogP contribution is 1.98. The lowest BCUT2D eigenvalue weighted by molar-refractivity contribution is 0.316. The number of nitrogens with zero attached hydrogens (tertiary/aromatic N) is 2. The quantitative estimate of drug-likeness (QED) is 0.416. The average Bonchev–Trinajstić information content (AvgIpc) is 1.84. The Morgan fingerprint density at radius 1 is 1.00 bits per heavy atom. The third-order valence-corrected chi connectivity index (χ3v) is 1.95. The summed E-state index contributed by atoms with van der Waals surface area (Å²) in [4.78, 5) is 0. The van der Waals surface area contributed by atoms with Crippen LogP contribution < -0.4 is 0 Å². The number of halogens is 2. The van der Waals surface area contributed by atoms with Crippen LogP contribution in [0.2, 0.25) is 0 Å². The van der Waals surface area contributed by atoms with Gasteiger partial charge in [0.2, 0.25) is 0 Å². The Labute approximate surface area is 62.1 Å². The van der Waals surface area contributed by atoms with Crippen molar-refractivity contribution in [3.63, 3.8) is 0 Å². The van der Waals surface area contributed by atoms with E-state index in [1.807, 2.05) is 0 Å². The third kappa shape index (κ3) is 2.27. The van der Waals surface area contributed by atoms with Crippen LogP contribution in [-0.4, -0.2) is 19.7 Å². The zero-order chi connectivity index (χ0) is 6.57. The predicted octanol–water partition coefficient (Wildman–Crippen LogP) is 1.35. The van der Waals surface area contributed by atoms with Crippen molar-refractivity contribution in [3.8, 4) is 0 Å². The smallest absolute Gasteiger partial charge is 0.181 e. The molecule has 0 aliphatic heterocycles. The normalized spacial score (nSPS) is 14.2. The van der Waals surface area contributed by atoms with Crippen molar-refractivity contribution in [2.45, 2.75) is 0 Å². The van der Waals surface area contributed by atoms with Gasteiger partial charge in [-0.15, -0.1) is 0 Å². The minimum absolute atomic E-state index is 0.0417. The van der Waals surface area contributed by atoms with E-state index in [4.69, 9.17) is 10.4 Å². The van der Waals surface area contributed by atoms with Gasteiger partial charge in [0.1, 0.15) is 0 Å². The molecule has 0 aliphatic carbocycles. The molecule has 6 heteroatoms. The van der Waals surface area contributed by atoms with Gasteiger partial charge in [-0.05, 0) is 31.9 Å². The first kappa shape index (κ1) is 7.90. The van der Waals surface area contributed by atoms with E-state index in [0.717, 1.165) is 0 Å². The summed E-state index contributed by atoms with van der Waals surface area (Å²) >= 11 is 5.53. The van der Waals surface area contributed by atoms with E-state index in [2.05, 4.69) is 42.2 Å². The monoisotopic (exact) mass is 244 g/mol. The second-order valence-corrected chi connectivity index (χ2v) is 2.28. The highest BCUT2D eigenvalue weighted by atomic mass is 79.9. The minimum atomic E-state index is 0.0417. The number of oxime groups is 2. The van der Waals surface area contributed by atoms with Crippen LogP contribution >= 0.6 is 31.9 Å². The van der Waals surface area contributed by atoms with Crippen LogP contribution in [0.1, 0.15) is 0 Å². The molecule has 0 saturated heterocycles. The second kappa shape index (κ2) is 3.85. The first-order valence-corrected chi connectivity index (χ1v) is 3.06. The molecule has 0 bridgehead atoms. The van der Waals surface area contributed by atoms with Crippen molar-refractivity contribution in [1.29, 1.82) is 0 Å². The van der Waals surface area contributed by atoms with Crippen molar-refractivity contribution in [2.24, 2.45) is 10.3 Å². The zero-order valence-corrected chi connectivity index (χ0v) is 6.72. The van der Waals surface area contributed by atoms with E-state index in [-0.39, 0.29) is 9.24 Å². The highest BCUT2D eigenvalue weighted by molar-refractivity contribution is 9.24. The molecule has 0 aliphatic rings. The lowest BCUT2D eigenvalue weighted by Gasteiger charge is -1.84. The first-order valence-electron chi connectivity index (χ1n) is 1.48. The van der Waals surface area contributed by atoms with Gasteiger partial charge in [0.05, 0.1) is 0 Å². The van der Waals surface area contributed by atoms with Crippen molar-refractivity contribution in [2.75, 3.05) is 0 Å². The third-order valence-electron chi connectivity index (χ3n) is 0.346. The van der Waals surface area contributed by atoms with Gasteiger partial charge in [-0.1, -0.05) is 10.3 Å². The van der Waals surface area contributed by atoms with Gasteiger partial charge < -0.3 is 10.4 Å². The summed E-state index contributed by atoms with van der Waals surface area (Å²) in [5.74, 6) is 0. The molecular formula is C2H2Br2N2O2. The Kier molecular flexibility index (Phi) is 3.80. The van der Waals surface area contributed by atoms with Crippen LogP contribution in [0.25, 0.3) is 0 Å². The van der Waals surface area contributed by atoms with Crippen molar-refractivity contribution in [3.05, 3.63) is 0 Å². The van der Waals surface area contributed by atoms with Gasteiger partial charge in [0.15, 0.2) is 9.24 Å². The molecule has 0 aromatic rings. The Bertz CT molecular complexity index is 116. The maximum atomic E-state index is 7.96. The van der Waals surface area contributed by atoms with Gasteiger partial charge in [-0.2, -0.15) is 0 Å². The summed E-state index contributed by atoms with van der Waals surface area (Å²) < 4.78 is 0.0833. The van der Waals surface area contributed by atoms with Crippen molar-refractivity contribution >= 4 is 41.1 Å². The van der Waals surface area contributed by atoms with Crippen LogP contribution in [-0.2, 0) is 0 Å². The number of hydrogen-bond acceptors (Lipinski definition) is 4. The number of hydrogen-bond donors (Lipinski definition) is 2. The van der Waals surface area contributed by atoms with Crippen molar-refractivity contribution in [1.82, 2.24) is 0 Å². The van der Waals surface area contributed by atoms with Gasteiger partial charge in [-0.25, -0.2) is 0 Å². The van der Waals surface area contributed by atoms with Crippen LogP contribution in [0.15, 0.2) is 10.3 Å². The molecule has 4 nitrogen and oxygen atoms in total. The molecule has 2 N–H and O–H groups in total. The fourth-order valence-corrected chi connectivity index (χ4v) is 0.241. The van der Waals surface area contributed by atoms with Crippen LogP contribution in [0.4, 0.5) is 0 Å². The van der Waals surface area contributed by atoms with Gasteiger partial charge in [0, 0.05) is 0 Å². The van der Waals surface area contributed by atoms with E-state index < -0.39 is 0 Å². The molecule has 0 spiro atoms. The summed E-state index contributed by atoms with van der Waals surface area (Å²) in [6, 6.07) is 0. The van der Waals surface area contributed by atoms with Gasteiger partial charge in [0.25, 0.3) is 0 Å². The summed E-state index contributed by atoms with van der Waals surface area (Å²) in [5.41, 5.74) is 0. The lowest BCUT2D eigenvalue weighted by atomic mass is 10.8. The SMILES string of the molecule is ON=C(Br)C(Br)=NO. The molecular weight excluding hydrogens is 244 g/mol. The lowest BCUT2D eigenvalue weighted by Crippen LogP contribution is -1.96. The van der Waals surface area contributed by atoms with Crippen LogP contribution in [0, 0.1) is 0 Å². The molecule has 0 unspecified atom stereocenters. The van der Waals surface area contributed by atoms with E-state index >= 15 is 0 Å². The molecule has 0 saturated carbocycles. The van der Waals surface area contributed by atoms with Gasteiger partial charge >= 0.3 is 0 Å². The molecule has 0 rings (SSSR count). The minimum Gasteiger partial charge on any atom is -0.410 e. The Hall–Kier alpha value is -0.100. The average molecular weight is 246 g/mol. The predicted molar refractivity (Wildman–Crippen MR) is 36.3 cm³/mol. The standard InChI is InChI=1S/C2H2Br2N2O2/c3-1(5-7)2(4)6-8/h7-8H. The van der Waals surface area contributed by atoms with E-state index in [0.29, 0.717) is 0 Å². The molecule has 0 atom stereocenters. The fourth-order valence-electron chi connectivity index (χ4n) is 0.0825. The van der Waals surface area contributed by atoms with Gasteiger partial charge in [-0.3, -0.25) is 0 Å². The summed E-state index contributed by atoms with van der Waals surface area (Å²) in [7, 11) is 0. The number of rotatable bonds is 1. The fraction of sp³-hybridized carbons (Fsp3) is 0.